The lowest BCUT2D eigenvalue weighted by Gasteiger charge is -2.44. The van der Waals surface area contributed by atoms with Crippen LogP contribution in [-0.4, -0.2) is 52.7 Å². The number of carbonyl (C=O) groups is 1. The van der Waals surface area contributed by atoms with Crippen molar-refractivity contribution in [3.8, 4) is 0 Å². The van der Waals surface area contributed by atoms with Crippen molar-refractivity contribution in [3.05, 3.63) is 49.4 Å². The first-order chi connectivity index (χ1) is 13.6. The monoisotopic (exact) mass is 379 g/mol. The zero-order valence-electron chi connectivity index (χ0n) is 15.8. The molecule has 5 rings (SSSR count). The van der Waals surface area contributed by atoms with E-state index in [4.69, 9.17) is 0 Å². The number of pyridine rings is 1. The van der Waals surface area contributed by atoms with Crippen LogP contribution in [0.2, 0.25) is 0 Å². The number of hydrogen-bond acceptors (Lipinski definition) is 4. The molecule has 146 valence electrons. The van der Waals surface area contributed by atoms with Crippen molar-refractivity contribution in [1.29, 1.82) is 0 Å². The summed E-state index contributed by atoms with van der Waals surface area (Å²) < 4.78 is 4.03. The summed E-state index contributed by atoms with van der Waals surface area (Å²) in [6.07, 6.45) is 14.7. The lowest BCUT2D eigenvalue weighted by molar-refractivity contribution is -0.142. The van der Waals surface area contributed by atoms with Crippen molar-refractivity contribution >= 4 is 16.8 Å². The van der Waals surface area contributed by atoms with Gasteiger partial charge in [0.25, 0.3) is 0 Å². The van der Waals surface area contributed by atoms with Gasteiger partial charge in [0.15, 0.2) is 0 Å². The zero-order chi connectivity index (χ0) is 19.1. The molecule has 2 fully saturated rings. The molecule has 0 aliphatic carbocycles. The topological polar surface area (TPSA) is 76.2 Å². The fourth-order valence-corrected chi connectivity index (χ4v) is 5.11. The number of rotatable bonds is 5. The molecule has 1 amide bonds. The number of aryl methyl sites for hydroxylation is 1. The Morgan fingerprint density at radius 3 is 2.71 bits per heavy atom. The number of piperidine rings is 1. The first kappa shape index (κ1) is 17.4. The van der Waals surface area contributed by atoms with Crippen molar-refractivity contribution in [2.45, 2.75) is 62.9 Å². The minimum absolute atomic E-state index is 0.138. The molecule has 7 heteroatoms. The third-order valence-corrected chi connectivity index (χ3v) is 6.32. The van der Waals surface area contributed by atoms with Gasteiger partial charge < -0.3 is 19.1 Å². The second kappa shape index (κ2) is 6.74. The lowest BCUT2D eigenvalue weighted by Crippen LogP contribution is -2.54. The van der Waals surface area contributed by atoms with Crippen LogP contribution in [-0.2, 0) is 17.9 Å². The van der Waals surface area contributed by atoms with E-state index in [9.17, 15) is 9.90 Å². The summed E-state index contributed by atoms with van der Waals surface area (Å²) >= 11 is 0. The molecule has 2 saturated heterocycles. The molecule has 0 aromatic carbocycles. The Morgan fingerprint density at radius 1 is 1.14 bits per heavy atom. The second-order valence-corrected chi connectivity index (χ2v) is 8.25. The van der Waals surface area contributed by atoms with E-state index >= 15 is 0 Å². The van der Waals surface area contributed by atoms with Gasteiger partial charge in [-0.1, -0.05) is 0 Å². The maximum Gasteiger partial charge on any atom is 0.224 e. The Morgan fingerprint density at radius 2 is 1.96 bits per heavy atom. The molecule has 2 aliphatic rings. The first-order valence-corrected chi connectivity index (χ1v) is 9.99. The molecular weight excluding hydrogens is 354 g/mol. The van der Waals surface area contributed by atoms with Crippen molar-refractivity contribution in [2.75, 3.05) is 0 Å². The smallest absolute Gasteiger partial charge is 0.224 e. The van der Waals surface area contributed by atoms with E-state index in [-0.39, 0.29) is 18.0 Å². The highest BCUT2D eigenvalue weighted by molar-refractivity contribution is 5.79. The number of aliphatic hydroxyl groups is 1. The minimum Gasteiger partial charge on any atom is -0.388 e. The van der Waals surface area contributed by atoms with Crippen molar-refractivity contribution in [2.24, 2.45) is 0 Å². The lowest BCUT2D eigenvalue weighted by atomic mass is 9.85. The zero-order valence-corrected chi connectivity index (χ0v) is 15.8. The average Bonchev–Trinajstić information content (AvgIpc) is 3.40. The first-order valence-electron chi connectivity index (χ1n) is 9.99. The van der Waals surface area contributed by atoms with E-state index < -0.39 is 5.60 Å². The molecule has 0 saturated carbocycles. The van der Waals surface area contributed by atoms with Gasteiger partial charge in [-0.25, -0.2) is 4.98 Å². The minimum atomic E-state index is -0.783. The van der Waals surface area contributed by atoms with Crippen LogP contribution in [0, 0.1) is 0 Å². The number of amides is 1. The molecule has 5 heterocycles. The normalized spacial score (nSPS) is 26.8. The quantitative estimate of drug-likeness (QED) is 0.737. The molecule has 28 heavy (non-hydrogen) atoms. The van der Waals surface area contributed by atoms with Gasteiger partial charge in [0, 0.05) is 55.2 Å². The average molecular weight is 379 g/mol. The summed E-state index contributed by atoms with van der Waals surface area (Å²) in [6.45, 7) is 1.20. The standard InChI is InChI=1S/C21H25N5O2/c27-20(5-8-24-10-7-23-15-24)26-17-1-2-18(26)12-21(28,11-17)14-25-9-4-16-3-6-22-13-19(16)25/h3-4,6-7,9-10,13,15,17-18,28H,1-2,5,8,11-12,14H2/t17-,18-/m0/s1. The Balaban J connectivity index is 1.28. The van der Waals surface area contributed by atoms with Gasteiger partial charge in [0.1, 0.15) is 0 Å². The molecule has 2 atom stereocenters. The largest absolute Gasteiger partial charge is 0.388 e. The van der Waals surface area contributed by atoms with Gasteiger partial charge in [-0.05, 0) is 37.8 Å². The number of nitrogens with zero attached hydrogens (tertiary/aromatic N) is 5. The van der Waals surface area contributed by atoms with E-state index in [1.54, 1.807) is 18.7 Å². The molecule has 0 spiro atoms. The number of aromatic nitrogens is 4. The van der Waals surface area contributed by atoms with Gasteiger partial charge in [0.05, 0.1) is 30.2 Å². The molecule has 3 aromatic rings. The summed E-state index contributed by atoms with van der Waals surface area (Å²) in [6, 6.07) is 4.32. The van der Waals surface area contributed by atoms with Crippen molar-refractivity contribution < 1.29 is 9.90 Å². The molecule has 0 radical (unpaired) electrons. The highest BCUT2D eigenvalue weighted by Gasteiger charge is 2.49. The van der Waals surface area contributed by atoms with Gasteiger partial charge >= 0.3 is 0 Å². The van der Waals surface area contributed by atoms with Crippen LogP contribution in [0.25, 0.3) is 10.9 Å². The number of hydrogen-bond donors (Lipinski definition) is 1. The van der Waals surface area contributed by atoms with E-state index in [0.29, 0.717) is 32.4 Å². The van der Waals surface area contributed by atoms with E-state index in [1.807, 2.05) is 29.2 Å². The number of imidazole rings is 1. The van der Waals surface area contributed by atoms with Gasteiger partial charge in [-0.2, -0.15) is 0 Å². The predicted molar refractivity (Wildman–Crippen MR) is 104 cm³/mol. The summed E-state index contributed by atoms with van der Waals surface area (Å²) in [5, 5.41) is 12.5. The predicted octanol–water partition coefficient (Wildman–Crippen LogP) is 2.21. The maximum absolute atomic E-state index is 12.9. The summed E-state index contributed by atoms with van der Waals surface area (Å²) in [5.41, 5.74) is 0.261. The Kier molecular flexibility index (Phi) is 4.19. The summed E-state index contributed by atoms with van der Waals surface area (Å²) in [4.78, 5) is 23.2. The van der Waals surface area contributed by atoms with E-state index in [1.165, 1.54) is 0 Å². The number of fused-ring (bicyclic) bond motifs is 3. The fraction of sp³-hybridized carbons (Fsp3) is 0.476. The number of carbonyl (C=O) groups excluding carboxylic acids is 1. The molecule has 0 unspecified atom stereocenters. The third kappa shape index (κ3) is 3.09. The molecule has 2 aliphatic heterocycles. The van der Waals surface area contributed by atoms with E-state index in [0.717, 1.165) is 23.7 Å². The van der Waals surface area contributed by atoms with Gasteiger partial charge in [0.2, 0.25) is 5.91 Å². The Labute approximate surface area is 163 Å². The van der Waals surface area contributed by atoms with Crippen LogP contribution < -0.4 is 0 Å². The van der Waals surface area contributed by atoms with Crippen LogP contribution in [0.1, 0.15) is 32.1 Å². The summed E-state index contributed by atoms with van der Waals surface area (Å²) in [7, 11) is 0. The molecule has 7 nitrogen and oxygen atoms in total. The molecule has 2 bridgehead atoms. The van der Waals surface area contributed by atoms with Crippen LogP contribution in [0.4, 0.5) is 0 Å². The summed E-state index contributed by atoms with van der Waals surface area (Å²) in [5.74, 6) is 0.193. The molecular formula is C21H25N5O2. The van der Waals surface area contributed by atoms with Gasteiger partial charge in [-0.15, -0.1) is 0 Å². The van der Waals surface area contributed by atoms with Gasteiger partial charge in [-0.3, -0.25) is 9.78 Å². The van der Waals surface area contributed by atoms with Crippen LogP contribution >= 0.6 is 0 Å². The highest BCUT2D eigenvalue weighted by Crippen LogP contribution is 2.42. The highest BCUT2D eigenvalue weighted by atomic mass is 16.3. The molecule has 1 N–H and O–H groups in total. The third-order valence-electron chi connectivity index (χ3n) is 6.32. The van der Waals surface area contributed by atoms with Crippen molar-refractivity contribution in [1.82, 2.24) is 24.0 Å². The SMILES string of the molecule is O=C(CCn1ccnc1)N1[C@H]2CC[C@H]1CC(O)(Cn1ccc3ccncc31)C2. The van der Waals surface area contributed by atoms with Crippen LogP contribution in [0.5, 0.6) is 0 Å². The Bertz CT molecular complexity index is 966. The van der Waals surface area contributed by atoms with Crippen molar-refractivity contribution in [3.63, 3.8) is 0 Å². The second-order valence-electron chi connectivity index (χ2n) is 8.25. The Hall–Kier alpha value is -2.67. The van der Waals surface area contributed by atoms with E-state index in [2.05, 4.69) is 25.5 Å². The molecule has 3 aromatic heterocycles. The van der Waals surface area contributed by atoms with Crippen LogP contribution in [0.3, 0.4) is 0 Å². The maximum atomic E-state index is 12.9. The van der Waals surface area contributed by atoms with Crippen LogP contribution in [0.15, 0.2) is 49.4 Å². The fourth-order valence-electron chi connectivity index (χ4n) is 5.11.